The van der Waals surface area contributed by atoms with Gasteiger partial charge in [-0.25, -0.2) is 4.79 Å². The third-order valence-corrected chi connectivity index (χ3v) is 2.70. The van der Waals surface area contributed by atoms with Crippen LogP contribution in [0.2, 0.25) is 0 Å². The summed E-state index contributed by atoms with van der Waals surface area (Å²) in [6.45, 7) is 1.54. The molecule has 0 saturated heterocycles. The summed E-state index contributed by atoms with van der Waals surface area (Å²) >= 11 is 3.18. The average Bonchev–Trinajstić information content (AvgIpc) is 2.16. The lowest BCUT2D eigenvalue weighted by atomic mass is 10.0. The van der Waals surface area contributed by atoms with Crippen molar-refractivity contribution in [1.29, 1.82) is 0 Å². The molecule has 80 valence electrons. The van der Waals surface area contributed by atoms with Gasteiger partial charge in [-0.2, -0.15) is 0 Å². The van der Waals surface area contributed by atoms with Gasteiger partial charge in [0.1, 0.15) is 5.56 Å². The van der Waals surface area contributed by atoms with E-state index in [1.165, 1.54) is 6.07 Å². The number of carboxylic acid groups (broad SMARTS) is 1. The van der Waals surface area contributed by atoms with Crippen LogP contribution in [0, 0.1) is 17.0 Å². The summed E-state index contributed by atoms with van der Waals surface area (Å²) in [5.41, 5.74) is 0.491. The van der Waals surface area contributed by atoms with Crippen molar-refractivity contribution in [3.8, 4) is 0 Å². The van der Waals surface area contributed by atoms with Gasteiger partial charge in [0.15, 0.2) is 0 Å². The number of halogens is 1. The zero-order valence-electron chi connectivity index (χ0n) is 7.86. The standard InChI is InChI=1S/C9H8BrNO4/c1-5-6(4-10)2-3-7(9(12)13)8(5)11(14)15/h2-3H,4H2,1H3,(H,12,13). The largest absolute Gasteiger partial charge is 0.477 e. The van der Waals surface area contributed by atoms with Crippen molar-refractivity contribution in [2.75, 3.05) is 0 Å². The van der Waals surface area contributed by atoms with Gasteiger partial charge < -0.3 is 5.11 Å². The Labute approximate surface area is 94.0 Å². The first kappa shape index (κ1) is 11.6. The first-order chi connectivity index (χ1) is 6.99. The van der Waals surface area contributed by atoms with Crippen molar-refractivity contribution in [3.63, 3.8) is 0 Å². The van der Waals surface area contributed by atoms with E-state index in [-0.39, 0.29) is 11.3 Å². The smallest absolute Gasteiger partial charge is 0.342 e. The minimum atomic E-state index is -1.29. The van der Waals surface area contributed by atoms with Gasteiger partial charge in [0.2, 0.25) is 0 Å². The van der Waals surface area contributed by atoms with Crippen molar-refractivity contribution < 1.29 is 14.8 Å². The van der Waals surface area contributed by atoms with Gasteiger partial charge in [0.25, 0.3) is 5.69 Å². The maximum Gasteiger partial charge on any atom is 0.342 e. The number of rotatable bonds is 3. The molecular formula is C9H8BrNO4. The van der Waals surface area contributed by atoms with Crippen LogP contribution < -0.4 is 0 Å². The maximum absolute atomic E-state index is 10.8. The van der Waals surface area contributed by atoms with E-state index in [9.17, 15) is 14.9 Å². The number of nitrogens with zero attached hydrogens (tertiary/aromatic N) is 1. The molecular weight excluding hydrogens is 266 g/mol. The Balaban J connectivity index is 3.51. The van der Waals surface area contributed by atoms with E-state index < -0.39 is 10.9 Å². The molecule has 0 unspecified atom stereocenters. The summed E-state index contributed by atoms with van der Waals surface area (Å²) < 4.78 is 0. The van der Waals surface area contributed by atoms with Crippen molar-refractivity contribution >= 4 is 27.6 Å². The van der Waals surface area contributed by atoms with Gasteiger partial charge in [-0.15, -0.1) is 0 Å². The molecule has 5 nitrogen and oxygen atoms in total. The number of hydrogen-bond acceptors (Lipinski definition) is 3. The Hall–Kier alpha value is -1.43. The summed E-state index contributed by atoms with van der Waals surface area (Å²) in [5, 5.41) is 20.0. The third-order valence-electron chi connectivity index (χ3n) is 2.10. The molecule has 0 heterocycles. The summed E-state index contributed by atoms with van der Waals surface area (Å²) in [6, 6.07) is 2.82. The highest BCUT2D eigenvalue weighted by Gasteiger charge is 2.23. The Bertz CT molecular complexity index is 430. The van der Waals surface area contributed by atoms with Crippen LogP contribution in [0.4, 0.5) is 5.69 Å². The normalized spacial score (nSPS) is 10.0. The van der Waals surface area contributed by atoms with Crippen LogP contribution in [0.3, 0.4) is 0 Å². The quantitative estimate of drug-likeness (QED) is 0.521. The minimum absolute atomic E-state index is 0.276. The molecule has 1 aromatic carbocycles. The van der Waals surface area contributed by atoms with Crippen LogP contribution >= 0.6 is 15.9 Å². The van der Waals surface area contributed by atoms with E-state index in [1.807, 2.05) is 0 Å². The Morgan fingerprint density at radius 3 is 2.60 bits per heavy atom. The fourth-order valence-electron chi connectivity index (χ4n) is 1.29. The fraction of sp³-hybridized carbons (Fsp3) is 0.222. The van der Waals surface area contributed by atoms with Gasteiger partial charge in [-0.05, 0) is 18.6 Å². The van der Waals surface area contributed by atoms with E-state index >= 15 is 0 Å². The molecule has 1 rings (SSSR count). The second kappa shape index (κ2) is 4.39. The van der Waals surface area contributed by atoms with Gasteiger partial charge in [0.05, 0.1) is 4.92 Å². The van der Waals surface area contributed by atoms with E-state index in [0.717, 1.165) is 0 Å². The molecule has 0 aliphatic heterocycles. The maximum atomic E-state index is 10.8. The van der Waals surface area contributed by atoms with Crippen molar-refractivity contribution in [3.05, 3.63) is 38.9 Å². The van der Waals surface area contributed by atoms with Gasteiger partial charge in [-0.3, -0.25) is 10.1 Å². The number of carboxylic acids is 1. The van der Waals surface area contributed by atoms with E-state index in [0.29, 0.717) is 16.5 Å². The Kier molecular flexibility index (Phi) is 3.41. The summed E-state index contributed by atoms with van der Waals surface area (Å²) in [7, 11) is 0. The van der Waals surface area contributed by atoms with Crippen molar-refractivity contribution in [2.24, 2.45) is 0 Å². The second-order valence-electron chi connectivity index (χ2n) is 2.94. The first-order valence-electron chi connectivity index (χ1n) is 4.05. The lowest BCUT2D eigenvalue weighted by Gasteiger charge is -2.05. The van der Waals surface area contributed by atoms with Crippen LogP contribution in [0.15, 0.2) is 12.1 Å². The SMILES string of the molecule is Cc1c(CBr)ccc(C(=O)O)c1[N+](=O)[O-]. The molecule has 0 bridgehead atoms. The van der Waals surface area contributed by atoms with Crippen LogP contribution in [-0.4, -0.2) is 16.0 Å². The molecule has 0 fully saturated rings. The molecule has 0 radical (unpaired) electrons. The van der Waals surface area contributed by atoms with Gasteiger partial charge >= 0.3 is 5.97 Å². The lowest BCUT2D eigenvalue weighted by Crippen LogP contribution is -2.05. The van der Waals surface area contributed by atoms with Crippen molar-refractivity contribution in [1.82, 2.24) is 0 Å². The summed E-state index contributed by atoms with van der Waals surface area (Å²) in [5.74, 6) is -1.29. The van der Waals surface area contributed by atoms with E-state index in [4.69, 9.17) is 5.11 Å². The molecule has 0 amide bonds. The third kappa shape index (κ3) is 2.15. The molecule has 1 aromatic rings. The predicted molar refractivity (Wildman–Crippen MR) is 57.4 cm³/mol. The second-order valence-corrected chi connectivity index (χ2v) is 3.50. The summed E-state index contributed by atoms with van der Waals surface area (Å²) in [4.78, 5) is 20.8. The zero-order chi connectivity index (χ0) is 11.6. The number of nitro groups is 1. The average molecular weight is 274 g/mol. The minimum Gasteiger partial charge on any atom is -0.477 e. The van der Waals surface area contributed by atoms with Crippen LogP contribution in [0.1, 0.15) is 21.5 Å². The molecule has 0 aliphatic carbocycles. The molecule has 0 atom stereocenters. The molecule has 0 aliphatic rings. The van der Waals surface area contributed by atoms with Crippen molar-refractivity contribution in [2.45, 2.75) is 12.3 Å². The highest BCUT2D eigenvalue weighted by Crippen LogP contribution is 2.27. The molecule has 0 spiro atoms. The fourth-order valence-corrected chi connectivity index (χ4v) is 1.90. The van der Waals surface area contributed by atoms with Crippen LogP contribution in [-0.2, 0) is 5.33 Å². The highest BCUT2D eigenvalue weighted by atomic mass is 79.9. The zero-order valence-corrected chi connectivity index (χ0v) is 9.44. The molecule has 0 saturated carbocycles. The van der Waals surface area contributed by atoms with E-state index in [1.54, 1.807) is 13.0 Å². The number of aromatic carboxylic acids is 1. The number of hydrogen-bond donors (Lipinski definition) is 1. The van der Waals surface area contributed by atoms with Gasteiger partial charge in [0, 0.05) is 10.9 Å². The van der Waals surface area contributed by atoms with Crippen LogP contribution in [0.5, 0.6) is 0 Å². The van der Waals surface area contributed by atoms with Gasteiger partial charge in [-0.1, -0.05) is 22.0 Å². The molecule has 1 N–H and O–H groups in total. The number of nitro benzene ring substituents is 1. The lowest BCUT2D eigenvalue weighted by molar-refractivity contribution is -0.385. The number of alkyl halides is 1. The number of benzene rings is 1. The molecule has 0 aromatic heterocycles. The molecule has 6 heteroatoms. The number of carbonyl (C=O) groups is 1. The topological polar surface area (TPSA) is 80.4 Å². The monoisotopic (exact) mass is 273 g/mol. The Morgan fingerprint density at radius 1 is 1.60 bits per heavy atom. The Morgan fingerprint density at radius 2 is 2.20 bits per heavy atom. The van der Waals surface area contributed by atoms with E-state index in [2.05, 4.69) is 15.9 Å². The predicted octanol–water partition coefficient (Wildman–Crippen LogP) is 2.50. The summed E-state index contributed by atoms with van der Waals surface area (Å²) in [6.07, 6.45) is 0. The highest BCUT2D eigenvalue weighted by molar-refractivity contribution is 9.08. The molecule has 15 heavy (non-hydrogen) atoms. The first-order valence-corrected chi connectivity index (χ1v) is 5.17. The van der Waals surface area contributed by atoms with Crippen LogP contribution in [0.25, 0.3) is 0 Å².